The quantitative estimate of drug-likeness (QED) is 0.563. The molecule has 138 valence electrons. The van der Waals surface area contributed by atoms with E-state index in [4.69, 9.17) is 27.9 Å². The van der Waals surface area contributed by atoms with Gasteiger partial charge < -0.3 is 4.74 Å². The van der Waals surface area contributed by atoms with E-state index >= 15 is 0 Å². The molecular formula is C16H15Cl2N3O4S. The van der Waals surface area contributed by atoms with Crippen molar-refractivity contribution in [2.24, 2.45) is 0 Å². The van der Waals surface area contributed by atoms with Crippen LogP contribution < -0.4 is 0 Å². The fourth-order valence-corrected chi connectivity index (χ4v) is 4.86. The Morgan fingerprint density at radius 2 is 2.12 bits per heavy atom. The fourth-order valence-electron chi connectivity index (χ4n) is 2.73. The maximum Gasteiger partial charge on any atom is 0.324 e. The zero-order valence-corrected chi connectivity index (χ0v) is 16.3. The second-order valence-electron chi connectivity index (χ2n) is 5.64. The van der Waals surface area contributed by atoms with Crippen molar-refractivity contribution >= 4 is 39.2 Å². The van der Waals surface area contributed by atoms with Crippen LogP contribution in [0.15, 0.2) is 29.3 Å². The minimum absolute atomic E-state index is 0.00492. The molecule has 1 aromatic heterocycles. The molecule has 0 bridgehead atoms. The first-order valence-electron chi connectivity index (χ1n) is 7.75. The summed E-state index contributed by atoms with van der Waals surface area (Å²) in [6, 6.07) is 3.93. The lowest BCUT2D eigenvalue weighted by atomic mass is 10.1. The number of hydrogen-bond acceptors (Lipinski definition) is 6. The highest BCUT2D eigenvalue weighted by Crippen LogP contribution is 2.36. The number of benzene rings is 1. The fraction of sp³-hybridized carbons (Fsp3) is 0.312. The first-order valence-corrected chi connectivity index (χ1v) is 9.95. The molecule has 0 fully saturated rings. The van der Waals surface area contributed by atoms with E-state index in [1.807, 2.05) is 0 Å². The van der Waals surface area contributed by atoms with Crippen LogP contribution in [0, 0.1) is 0 Å². The molecule has 0 spiro atoms. The average molecular weight is 416 g/mol. The average Bonchev–Trinajstić information content (AvgIpc) is 2.87. The lowest BCUT2D eigenvalue weighted by Crippen LogP contribution is -2.40. The van der Waals surface area contributed by atoms with E-state index in [2.05, 4.69) is 9.97 Å². The van der Waals surface area contributed by atoms with Crippen LogP contribution in [0.4, 0.5) is 0 Å². The van der Waals surface area contributed by atoms with Gasteiger partial charge in [0.05, 0.1) is 28.4 Å². The molecule has 2 aromatic rings. The van der Waals surface area contributed by atoms with E-state index in [9.17, 15) is 13.2 Å². The molecule has 0 N–H and O–H groups in total. The van der Waals surface area contributed by atoms with Crippen LogP contribution in [0.1, 0.15) is 19.4 Å². The number of hydrogen-bond donors (Lipinski definition) is 0. The summed E-state index contributed by atoms with van der Waals surface area (Å²) in [5.41, 5.74) is 1.41. The molecule has 1 aromatic carbocycles. The first kappa shape index (κ1) is 19.0. The van der Waals surface area contributed by atoms with Crippen molar-refractivity contribution in [3.05, 3.63) is 40.3 Å². The van der Waals surface area contributed by atoms with Gasteiger partial charge in [0.15, 0.2) is 0 Å². The molecule has 3 rings (SSSR count). The van der Waals surface area contributed by atoms with Crippen LogP contribution in [0.3, 0.4) is 0 Å². The standard InChI is InChI=1S/C16H15Cl2N3O4S/c1-3-25-15(22)9(2)21-8-11-5-4-10(6-13(11)26(21,23)24)14-12(17)7-19-16(18)20-14/h4-7,9H,3,8H2,1-2H3/t9-/m1/s1. The van der Waals surface area contributed by atoms with Crippen LogP contribution in [-0.4, -0.2) is 41.3 Å². The van der Waals surface area contributed by atoms with E-state index in [1.165, 1.54) is 19.2 Å². The van der Waals surface area contributed by atoms with Gasteiger partial charge in [0, 0.05) is 12.1 Å². The molecule has 1 aliphatic heterocycles. The molecule has 26 heavy (non-hydrogen) atoms. The summed E-state index contributed by atoms with van der Waals surface area (Å²) in [5.74, 6) is -0.588. The topological polar surface area (TPSA) is 89.5 Å². The number of fused-ring (bicyclic) bond motifs is 1. The van der Waals surface area contributed by atoms with Crippen molar-refractivity contribution in [3.8, 4) is 11.3 Å². The van der Waals surface area contributed by atoms with E-state index in [-0.39, 0.29) is 28.4 Å². The third-order valence-electron chi connectivity index (χ3n) is 4.03. The van der Waals surface area contributed by atoms with E-state index in [1.54, 1.807) is 19.1 Å². The number of ether oxygens (including phenoxy) is 1. The zero-order valence-electron chi connectivity index (χ0n) is 13.9. The normalized spacial score (nSPS) is 16.9. The van der Waals surface area contributed by atoms with Gasteiger partial charge in [-0.3, -0.25) is 4.79 Å². The zero-order chi connectivity index (χ0) is 19.1. The third-order valence-corrected chi connectivity index (χ3v) is 6.49. The second kappa shape index (κ2) is 7.11. The smallest absolute Gasteiger partial charge is 0.324 e. The molecular weight excluding hydrogens is 401 g/mol. The van der Waals surface area contributed by atoms with Crippen LogP contribution in [0.2, 0.25) is 10.3 Å². The molecule has 2 heterocycles. The van der Waals surface area contributed by atoms with E-state index in [0.717, 1.165) is 4.31 Å². The van der Waals surface area contributed by atoms with Gasteiger partial charge in [0.25, 0.3) is 0 Å². The Morgan fingerprint density at radius 1 is 1.38 bits per heavy atom. The maximum absolute atomic E-state index is 12.9. The minimum atomic E-state index is -3.85. The summed E-state index contributed by atoms with van der Waals surface area (Å²) in [5, 5.41) is 0.256. The Balaban J connectivity index is 2.02. The number of aromatic nitrogens is 2. The van der Waals surface area contributed by atoms with Crippen molar-refractivity contribution < 1.29 is 17.9 Å². The van der Waals surface area contributed by atoms with Crippen LogP contribution in [-0.2, 0) is 26.1 Å². The number of rotatable bonds is 4. The molecule has 1 atom stereocenters. The summed E-state index contributed by atoms with van der Waals surface area (Å²) in [7, 11) is -3.85. The molecule has 0 saturated heterocycles. The van der Waals surface area contributed by atoms with Gasteiger partial charge in [-0.05, 0) is 37.1 Å². The van der Waals surface area contributed by atoms with E-state index in [0.29, 0.717) is 16.8 Å². The van der Waals surface area contributed by atoms with Crippen LogP contribution in [0.5, 0.6) is 0 Å². The number of carbonyl (C=O) groups is 1. The predicted molar refractivity (Wildman–Crippen MR) is 96.3 cm³/mol. The molecule has 7 nitrogen and oxygen atoms in total. The Labute approximate surface area is 161 Å². The van der Waals surface area contributed by atoms with Crippen molar-refractivity contribution in [3.63, 3.8) is 0 Å². The highest BCUT2D eigenvalue weighted by molar-refractivity contribution is 7.89. The summed E-state index contributed by atoms with van der Waals surface area (Å²) < 4.78 is 31.8. The molecule has 0 aliphatic carbocycles. The van der Waals surface area contributed by atoms with Gasteiger partial charge in [-0.15, -0.1) is 0 Å². The summed E-state index contributed by atoms with van der Waals surface area (Å²) in [6.07, 6.45) is 1.35. The number of sulfonamides is 1. The van der Waals surface area contributed by atoms with Crippen molar-refractivity contribution in [2.75, 3.05) is 6.61 Å². The van der Waals surface area contributed by atoms with Gasteiger partial charge >= 0.3 is 5.97 Å². The summed E-state index contributed by atoms with van der Waals surface area (Å²) >= 11 is 11.9. The molecule has 0 radical (unpaired) electrons. The van der Waals surface area contributed by atoms with Gasteiger partial charge in [-0.1, -0.05) is 23.7 Å². The molecule has 10 heteroatoms. The Morgan fingerprint density at radius 3 is 2.81 bits per heavy atom. The maximum atomic E-state index is 12.9. The largest absolute Gasteiger partial charge is 0.465 e. The highest BCUT2D eigenvalue weighted by Gasteiger charge is 2.41. The van der Waals surface area contributed by atoms with Gasteiger partial charge in [0.2, 0.25) is 15.3 Å². The highest BCUT2D eigenvalue weighted by atomic mass is 35.5. The Kier molecular flexibility index (Phi) is 5.21. The number of nitrogens with zero attached hydrogens (tertiary/aromatic N) is 3. The number of esters is 1. The van der Waals surface area contributed by atoms with Crippen molar-refractivity contribution in [1.29, 1.82) is 0 Å². The monoisotopic (exact) mass is 415 g/mol. The van der Waals surface area contributed by atoms with Crippen molar-refractivity contribution in [2.45, 2.75) is 31.3 Å². The Hall–Kier alpha value is -1.74. The van der Waals surface area contributed by atoms with Gasteiger partial charge in [0.1, 0.15) is 6.04 Å². The Bertz CT molecular complexity index is 981. The van der Waals surface area contributed by atoms with E-state index < -0.39 is 22.0 Å². The SMILES string of the molecule is CCOC(=O)[C@@H](C)N1Cc2ccc(-c3nc(Cl)ncc3Cl)cc2S1(=O)=O. The molecule has 0 amide bonds. The van der Waals surface area contributed by atoms with Gasteiger partial charge in [-0.25, -0.2) is 18.4 Å². The number of halogens is 2. The first-order chi connectivity index (χ1) is 12.3. The van der Waals surface area contributed by atoms with Gasteiger partial charge in [-0.2, -0.15) is 4.31 Å². The second-order valence-corrected chi connectivity index (χ2v) is 8.24. The third kappa shape index (κ3) is 3.29. The minimum Gasteiger partial charge on any atom is -0.465 e. The number of carbonyl (C=O) groups excluding carboxylic acids is 1. The van der Waals surface area contributed by atoms with Crippen molar-refractivity contribution in [1.82, 2.24) is 14.3 Å². The summed E-state index contributed by atoms with van der Waals surface area (Å²) in [6.45, 7) is 3.45. The lowest BCUT2D eigenvalue weighted by molar-refractivity contribution is -0.147. The molecule has 0 unspecified atom stereocenters. The predicted octanol–water partition coefficient (Wildman–Crippen LogP) is 2.91. The van der Waals surface area contributed by atoms with Crippen LogP contribution in [0.25, 0.3) is 11.3 Å². The molecule has 0 saturated carbocycles. The summed E-state index contributed by atoms with van der Waals surface area (Å²) in [4.78, 5) is 19.9. The van der Waals surface area contributed by atoms with Crippen LogP contribution >= 0.6 is 23.2 Å². The lowest BCUT2D eigenvalue weighted by Gasteiger charge is -2.20. The molecule has 1 aliphatic rings.